The number of rotatable bonds is 5. The fourth-order valence-electron chi connectivity index (χ4n) is 1.39. The minimum absolute atomic E-state index is 0.772. The molecule has 0 atom stereocenters. The molecule has 0 amide bonds. The van der Waals surface area contributed by atoms with Crippen LogP contribution in [0.25, 0.3) is 0 Å². The van der Waals surface area contributed by atoms with Gasteiger partial charge in [0, 0.05) is 33.9 Å². The van der Waals surface area contributed by atoms with Crippen LogP contribution >= 0.6 is 27.7 Å². The fraction of sp³-hybridized carbons (Fsp3) is 0.231. The molecule has 0 unspecified atom stereocenters. The van der Waals surface area contributed by atoms with Crippen molar-refractivity contribution in [1.82, 2.24) is 15.3 Å². The number of hydrogen-bond donors (Lipinski definition) is 1. The zero-order valence-electron chi connectivity index (χ0n) is 10.1. The van der Waals surface area contributed by atoms with E-state index in [-0.39, 0.29) is 0 Å². The van der Waals surface area contributed by atoms with E-state index in [9.17, 15) is 0 Å². The molecule has 0 aliphatic heterocycles. The van der Waals surface area contributed by atoms with E-state index in [1.54, 1.807) is 11.8 Å². The number of nitrogens with one attached hydrogen (secondary N) is 1. The lowest BCUT2D eigenvalue weighted by atomic mass is 10.3. The molecule has 18 heavy (non-hydrogen) atoms. The summed E-state index contributed by atoms with van der Waals surface area (Å²) in [5.41, 5.74) is 1.11. The van der Waals surface area contributed by atoms with Gasteiger partial charge in [0.2, 0.25) is 0 Å². The number of nitrogens with zero attached hydrogens (tertiary/aromatic N) is 2. The molecule has 1 aromatic carbocycles. The van der Waals surface area contributed by atoms with Crippen LogP contribution in [-0.2, 0) is 6.54 Å². The number of halogens is 1. The van der Waals surface area contributed by atoms with Gasteiger partial charge in [-0.3, -0.25) is 0 Å². The predicted octanol–water partition coefficient (Wildman–Crippen LogP) is 3.50. The largest absolute Gasteiger partial charge is 0.313 e. The quantitative estimate of drug-likeness (QED) is 0.854. The topological polar surface area (TPSA) is 37.8 Å². The highest BCUT2D eigenvalue weighted by Gasteiger charge is 2.01. The monoisotopic (exact) mass is 323 g/mol. The van der Waals surface area contributed by atoms with Crippen molar-refractivity contribution < 1.29 is 0 Å². The van der Waals surface area contributed by atoms with Crippen LogP contribution in [0.2, 0.25) is 0 Å². The summed E-state index contributed by atoms with van der Waals surface area (Å²) in [5, 5.41) is 4.02. The molecule has 94 valence electrons. The number of hydrogen-bond acceptors (Lipinski definition) is 4. The summed E-state index contributed by atoms with van der Waals surface area (Å²) < 4.78 is 1.07. The molecule has 0 spiro atoms. The molecule has 3 nitrogen and oxygen atoms in total. The van der Waals surface area contributed by atoms with E-state index in [1.165, 1.54) is 0 Å². The van der Waals surface area contributed by atoms with Gasteiger partial charge in [-0.2, -0.15) is 0 Å². The summed E-state index contributed by atoms with van der Waals surface area (Å²) in [4.78, 5) is 9.83. The molecule has 1 aromatic heterocycles. The third-order valence-electron chi connectivity index (χ3n) is 2.27. The van der Waals surface area contributed by atoms with Crippen LogP contribution < -0.4 is 5.32 Å². The van der Waals surface area contributed by atoms with E-state index in [0.717, 1.165) is 33.2 Å². The van der Waals surface area contributed by atoms with E-state index in [4.69, 9.17) is 0 Å². The van der Waals surface area contributed by atoms with Gasteiger partial charge in [0.25, 0.3) is 0 Å². The lowest BCUT2D eigenvalue weighted by molar-refractivity contribution is 0.716. The van der Waals surface area contributed by atoms with Crippen molar-refractivity contribution in [3.8, 4) is 0 Å². The molecule has 5 heteroatoms. The Kier molecular flexibility index (Phi) is 5.16. The first kappa shape index (κ1) is 13.5. The van der Waals surface area contributed by atoms with Crippen LogP contribution in [0.1, 0.15) is 12.5 Å². The highest BCUT2D eigenvalue weighted by molar-refractivity contribution is 9.10. The van der Waals surface area contributed by atoms with Crippen LogP contribution in [0.3, 0.4) is 0 Å². The third-order valence-corrected chi connectivity index (χ3v) is 3.64. The van der Waals surface area contributed by atoms with Crippen molar-refractivity contribution in [1.29, 1.82) is 0 Å². The summed E-state index contributed by atoms with van der Waals surface area (Å²) in [6.07, 6.45) is 3.74. The van der Waals surface area contributed by atoms with Crippen LogP contribution in [0.15, 0.2) is 51.2 Å². The molecule has 2 aromatic rings. The highest BCUT2D eigenvalue weighted by atomic mass is 79.9. The van der Waals surface area contributed by atoms with Gasteiger partial charge in [0.1, 0.15) is 0 Å². The minimum Gasteiger partial charge on any atom is -0.313 e. The van der Waals surface area contributed by atoms with E-state index in [0.29, 0.717) is 0 Å². The van der Waals surface area contributed by atoms with Crippen LogP contribution in [0, 0.1) is 0 Å². The van der Waals surface area contributed by atoms with E-state index in [1.807, 2.05) is 30.6 Å². The first-order valence-corrected chi connectivity index (χ1v) is 7.34. The molecule has 0 saturated heterocycles. The molecule has 0 saturated carbocycles. The summed E-state index contributed by atoms with van der Waals surface area (Å²) in [6.45, 7) is 3.85. The Morgan fingerprint density at radius 3 is 2.72 bits per heavy atom. The first-order valence-electron chi connectivity index (χ1n) is 5.73. The Morgan fingerprint density at radius 1 is 1.28 bits per heavy atom. The Bertz CT molecular complexity index is 502. The average Bonchev–Trinajstić information content (AvgIpc) is 2.38. The van der Waals surface area contributed by atoms with Crippen molar-refractivity contribution in [2.24, 2.45) is 0 Å². The zero-order chi connectivity index (χ0) is 12.8. The Morgan fingerprint density at radius 2 is 2.06 bits per heavy atom. The molecule has 0 aliphatic rings. The molecule has 1 heterocycles. The molecule has 0 aliphatic carbocycles. The maximum absolute atomic E-state index is 4.35. The SMILES string of the molecule is CCNCc1cnc(Sc2cccc(Br)c2)nc1. The van der Waals surface area contributed by atoms with Crippen molar-refractivity contribution in [2.45, 2.75) is 23.5 Å². The number of benzene rings is 1. The van der Waals surface area contributed by atoms with Gasteiger partial charge in [0.05, 0.1) is 0 Å². The molecular weight excluding hydrogens is 310 g/mol. The zero-order valence-corrected chi connectivity index (χ0v) is 12.5. The summed E-state index contributed by atoms with van der Waals surface area (Å²) in [5.74, 6) is 0. The maximum atomic E-state index is 4.35. The fourth-order valence-corrected chi connectivity index (χ4v) is 2.70. The highest BCUT2D eigenvalue weighted by Crippen LogP contribution is 2.26. The van der Waals surface area contributed by atoms with Gasteiger partial charge in [-0.15, -0.1) is 0 Å². The summed E-state index contributed by atoms with van der Waals surface area (Å²) in [7, 11) is 0. The normalized spacial score (nSPS) is 10.6. The predicted molar refractivity (Wildman–Crippen MR) is 77.7 cm³/mol. The Hall–Kier alpha value is -0.910. The number of aromatic nitrogens is 2. The summed E-state index contributed by atoms with van der Waals surface area (Å²) in [6, 6.07) is 8.11. The van der Waals surface area contributed by atoms with Gasteiger partial charge in [-0.1, -0.05) is 28.9 Å². The van der Waals surface area contributed by atoms with Crippen LogP contribution in [0.5, 0.6) is 0 Å². The molecule has 2 rings (SSSR count). The van der Waals surface area contributed by atoms with E-state index < -0.39 is 0 Å². The Labute approximate surface area is 120 Å². The second-order valence-corrected chi connectivity index (χ2v) is 5.67. The minimum atomic E-state index is 0.772. The van der Waals surface area contributed by atoms with Crippen molar-refractivity contribution in [3.05, 3.63) is 46.7 Å². The lowest BCUT2D eigenvalue weighted by Crippen LogP contribution is -2.12. The van der Waals surface area contributed by atoms with Crippen molar-refractivity contribution >= 4 is 27.7 Å². The smallest absolute Gasteiger partial charge is 0.192 e. The second kappa shape index (κ2) is 6.87. The molecular formula is C13H14BrN3S. The van der Waals surface area contributed by atoms with Gasteiger partial charge in [-0.05, 0) is 36.5 Å². The lowest BCUT2D eigenvalue weighted by Gasteiger charge is -2.03. The maximum Gasteiger partial charge on any atom is 0.192 e. The van der Waals surface area contributed by atoms with Gasteiger partial charge < -0.3 is 5.32 Å². The molecule has 0 fully saturated rings. The molecule has 1 N–H and O–H groups in total. The van der Waals surface area contributed by atoms with Crippen LogP contribution in [0.4, 0.5) is 0 Å². The van der Waals surface area contributed by atoms with E-state index in [2.05, 4.69) is 44.2 Å². The first-order chi connectivity index (χ1) is 8.78. The third kappa shape index (κ3) is 4.08. The van der Waals surface area contributed by atoms with Crippen LogP contribution in [-0.4, -0.2) is 16.5 Å². The Balaban J connectivity index is 2.02. The second-order valence-electron chi connectivity index (χ2n) is 3.71. The molecule has 0 radical (unpaired) electrons. The van der Waals surface area contributed by atoms with E-state index >= 15 is 0 Å². The molecule has 0 bridgehead atoms. The average molecular weight is 324 g/mol. The van der Waals surface area contributed by atoms with Crippen molar-refractivity contribution in [3.63, 3.8) is 0 Å². The van der Waals surface area contributed by atoms with Gasteiger partial charge in [-0.25, -0.2) is 9.97 Å². The van der Waals surface area contributed by atoms with Gasteiger partial charge in [0.15, 0.2) is 5.16 Å². The summed E-state index contributed by atoms with van der Waals surface area (Å²) >= 11 is 5.01. The van der Waals surface area contributed by atoms with Gasteiger partial charge >= 0.3 is 0 Å². The standard InChI is InChI=1S/C13H14BrN3S/c1-2-15-7-10-8-16-13(17-9-10)18-12-5-3-4-11(14)6-12/h3-6,8-9,15H,2,7H2,1H3. The van der Waals surface area contributed by atoms with Crippen molar-refractivity contribution in [2.75, 3.05) is 6.54 Å².